The minimum absolute atomic E-state index is 0.165. The molecule has 0 radical (unpaired) electrons. The number of hydrogen-bond donors (Lipinski definition) is 1. The SMILES string of the molecule is Cc1cccc(C(=O)Cc2ccc(C)c(NC(C)C)c2)c1. The summed E-state index contributed by atoms with van der Waals surface area (Å²) >= 11 is 0. The van der Waals surface area contributed by atoms with E-state index < -0.39 is 0 Å². The van der Waals surface area contributed by atoms with Crippen LogP contribution in [0, 0.1) is 13.8 Å². The van der Waals surface area contributed by atoms with Gasteiger partial charge in [0.25, 0.3) is 0 Å². The van der Waals surface area contributed by atoms with E-state index in [-0.39, 0.29) is 5.78 Å². The average molecular weight is 281 g/mol. The molecule has 2 rings (SSSR count). The monoisotopic (exact) mass is 281 g/mol. The number of carbonyl (C=O) groups is 1. The first kappa shape index (κ1) is 15.3. The Hall–Kier alpha value is -2.09. The van der Waals surface area contributed by atoms with Crippen molar-refractivity contribution in [2.24, 2.45) is 0 Å². The predicted molar refractivity (Wildman–Crippen MR) is 89.2 cm³/mol. The number of Topliss-reactive ketones (excluding diaryl/α,β-unsaturated/α-hetero) is 1. The van der Waals surface area contributed by atoms with Crippen LogP contribution in [0.2, 0.25) is 0 Å². The molecule has 2 aromatic rings. The van der Waals surface area contributed by atoms with Gasteiger partial charge in [0.1, 0.15) is 0 Å². The lowest BCUT2D eigenvalue weighted by molar-refractivity contribution is 0.0993. The largest absolute Gasteiger partial charge is 0.383 e. The maximum atomic E-state index is 12.4. The van der Waals surface area contributed by atoms with Crippen LogP contribution in [0.3, 0.4) is 0 Å². The van der Waals surface area contributed by atoms with Crippen molar-refractivity contribution in [3.05, 3.63) is 64.7 Å². The van der Waals surface area contributed by atoms with E-state index >= 15 is 0 Å². The van der Waals surface area contributed by atoms with E-state index in [9.17, 15) is 4.79 Å². The maximum absolute atomic E-state index is 12.4. The van der Waals surface area contributed by atoms with Gasteiger partial charge in [0.2, 0.25) is 0 Å². The average Bonchev–Trinajstić information content (AvgIpc) is 2.42. The molecule has 0 aliphatic heterocycles. The normalized spacial score (nSPS) is 10.7. The molecule has 0 aromatic heterocycles. The van der Waals surface area contributed by atoms with Crippen molar-refractivity contribution < 1.29 is 4.79 Å². The molecule has 0 aliphatic rings. The number of rotatable bonds is 5. The lowest BCUT2D eigenvalue weighted by Crippen LogP contribution is -2.11. The Morgan fingerprint density at radius 1 is 1.10 bits per heavy atom. The molecule has 0 bridgehead atoms. The van der Waals surface area contributed by atoms with Crippen LogP contribution in [-0.2, 0) is 6.42 Å². The van der Waals surface area contributed by atoms with E-state index in [0.717, 1.165) is 22.4 Å². The van der Waals surface area contributed by atoms with Gasteiger partial charge in [0, 0.05) is 23.7 Å². The van der Waals surface area contributed by atoms with E-state index in [0.29, 0.717) is 12.5 Å². The van der Waals surface area contributed by atoms with Gasteiger partial charge in [-0.05, 0) is 51.0 Å². The molecule has 0 spiro atoms. The lowest BCUT2D eigenvalue weighted by Gasteiger charge is -2.14. The zero-order valence-electron chi connectivity index (χ0n) is 13.2. The maximum Gasteiger partial charge on any atom is 0.167 e. The summed E-state index contributed by atoms with van der Waals surface area (Å²) in [6, 6.07) is 14.4. The molecule has 2 heteroatoms. The third kappa shape index (κ3) is 4.19. The second-order valence-electron chi connectivity index (χ2n) is 5.92. The summed E-state index contributed by atoms with van der Waals surface area (Å²) in [5.74, 6) is 0.165. The molecule has 2 nitrogen and oxygen atoms in total. The highest BCUT2D eigenvalue weighted by atomic mass is 16.1. The lowest BCUT2D eigenvalue weighted by atomic mass is 10.00. The summed E-state index contributed by atoms with van der Waals surface area (Å²) in [6.45, 7) is 8.32. The molecule has 0 atom stereocenters. The van der Waals surface area contributed by atoms with Crippen LogP contribution in [0.1, 0.15) is 40.9 Å². The fraction of sp³-hybridized carbons (Fsp3) is 0.316. The Morgan fingerprint density at radius 2 is 1.86 bits per heavy atom. The summed E-state index contributed by atoms with van der Waals surface area (Å²) < 4.78 is 0. The smallest absolute Gasteiger partial charge is 0.167 e. The zero-order chi connectivity index (χ0) is 15.4. The molecular formula is C19H23NO. The molecule has 110 valence electrons. The van der Waals surface area contributed by atoms with E-state index in [2.05, 4.69) is 38.2 Å². The van der Waals surface area contributed by atoms with Crippen LogP contribution in [0.5, 0.6) is 0 Å². The van der Waals surface area contributed by atoms with Crippen LogP contribution in [0.25, 0.3) is 0 Å². The molecule has 0 aliphatic carbocycles. The van der Waals surface area contributed by atoms with Gasteiger partial charge >= 0.3 is 0 Å². The van der Waals surface area contributed by atoms with Gasteiger partial charge < -0.3 is 5.32 Å². The number of carbonyl (C=O) groups excluding carboxylic acids is 1. The second-order valence-corrected chi connectivity index (χ2v) is 5.92. The first-order valence-corrected chi connectivity index (χ1v) is 7.41. The zero-order valence-corrected chi connectivity index (χ0v) is 13.2. The van der Waals surface area contributed by atoms with Gasteiger partial charge in [-0.2, -0.15) is 0 Å². The third-order valence-electron chi connectivity index (χ3n) is 3.45. The van der Waals surface area contributed by atoms with Crippen molar-refractivity contribution in [2.75, 3.05) is 5.32 Å². The summed E-state index contributed by atoms with van der Waals surface area (Å²) in [5, 5.41) is 3.42. The first-order chi connectivity index (χ1) is 9.95. The van der Waals surface area contributed by atoms with Crippen molar-refractivity contribution in [1.82, 2.24) is 0 Å². The van der Waals surface area contributed by atoms with Gasteiger partial charge in [0.15, 0.2) is 5.78 Å². The number of anilines is 1. The summed E-state index contributed by atoms with van der Waals surface area (Å²) in [7, 11) is 0. The van der Waals surface area contributed by atoms with Crippen LogP contribution >= 0.6 is 0 Å². The van der Waals surface area contributed by atoms with E-state index in [1.54, 1.807) is 0 Å². The van der Waals surface area contributed by atoms with Gasteiger partial charge in [0.05, 0.1) is 0 Å². The molecule has 0 saturated heterocycles. The number of ketones is 1. The number of benzene rings is 2. The van der Waals surface area contributed by atoms with Gasteiger partial charge in [-0.25, -0.2) is 0 Å². The van der Waals surface area contributed by atoms with E-state index in [4.69, 9.17) is 0 Å². The van der Waals surface area contributed by atoms with Crippen LogP contribution in [0.4, 0.5) is 5.69 Å². The van der Waals surface area contributed by atoms with Crippen molar-refractivity contribution in [3.63, 3.8) is 0 Å². The molecule has 0 heterocycles. The van der Waals surface area contributed by atoms with Gasteiger partial charge in [-0.3, -0.25) is 4.79 Å². The van der Waals surface area contributed by atoms with Crippen LogP contribution < -0.4 is 5.32 Å². The van der Waals surface area contributed by atoms with Crippen molar-refractivity contribution >= 4 is 11.5 Å². The highest BCUT2D eigenvalue weighted by Gasteiger charge is 2.09. The van der Waals surface area contributed by atoms with Crippen molar-refractivity contribution in [3.8, 4) is 0 Å². The molecule has 0 saturated carbocycles. The summed E-state index contributed by atoms with van der Waals surface area (Å²) in [4.78, 5) is 12.4. The molecule has 2 aromatic carbocycles. The number of aryl methyl sites for hydroxylation is 2. The Labute approximate surface area is 127 Å². The fourth-order valence-electron chi connectivity index (χ4n) is 2.35. The Balaban J connectivity index is 2.17. The van der Waals surface area contributed by atoms with Crippen LogP contribution in [0.15, 0.2) is 42.5 Å². The van der Waals surface area contributed by atoms with Gasteiger partial charge in [-0.1, -0.05) is 35.9 Å². The Kier molecular flexibility index (Phi) is 4.79. The topological polar surface area (TPSA) is 29.1 Å². The number of nitrogens with one attached hydrogen (secondary N) is 1. The molecule has 1 N–H and O–H groups in total. The molecule has 0 amide bonds. The minimum Gasteiger partial charge on any atom is -0.383 e. The number of hydrogen-bond acceptors (Lipinski definition) is 2. The molecule has 0 fully saturated rings. The molecular weight excluding hydrogens is 258 g/mol. The Bertz CT molecular complexity index is 644. The summed E-state index contributed by atoms with van der Waals surface area (Å²) in [5.41, 5.74) is 5.27. The second kappa shape index (κ2) is 6.57. The summed E-state index contributed by atoms with van der Waals surface area (Å²) in [6.07, 6.45) is 0.441. The fourth-order valence-corrected chi connectivity index (χ4v) is 2.35. The predicted octanol–water partition coefficient (Wildman–Crippen LogP) is 4.55. The van der Waals surface area contributed by atoms with E-state index in [1.807, 2.05) is 37.3 Å². The quantitative estimate of drug-likeness (QED) is 0.815. The standard InChI is InChI=1S/C19H23NO/c1-13(2)20-18-11-16(9-8-15(18)4)12-19(21)17-7-5-6-14(3)10-17/h5-11,13,20H,12H2,1-4H3. The van der Waals surface area contributed by atoms with E-state index in [1.165, 1.54) is 5.56 Å². The Morgan fingerprint density at radius 3 is 2.52 bits per heavy atom. The highest BCUT2D eigenvalue weighted by Crippen LogP contribution is 2.19. The van der Waals surface area contributed by atoms with Gasteiger partial charge in [-0.15, -0.1) is 0 Å². The first-order valence-electron chi connectivity index (χ1n) is 7.41. The molecule has 21 heavy (non-hydrogen) atoms. The molecule has 0 unspecified atom stereocenters. The minimum atomic E-state index is 0.165. The highest BCUT2D eigenvalue weighted by molar-refractivity contribution is 5.97. The van der Waals surface area contributed by atoms with Crippen molar-refractivity contribution in [1.29, 1.82) is 0 Å². The van der Waals surface area contributed by atoms with Crippen molar-refractivity contribution in [2.45, 2.75) is 40.2 Å². The van der Waals surface area contributed by atoms with Crippen LogP contribution in [-0.4, -0.2) is 11.8 Å². The third-order valence-corrected chi connectivity index (χ3v) is 3.45.